The highest BCUT2D eigenvalue weighted by atomic mass is 32.2. The molecule has 0 saturated carbocycles. The van der Waals surface area contributed by atoms with Crippen LogP contribution >= 0.6 is 0 Å². The number of anilines is 1. The molecule has 150 valence electrons. The monoisotopic (exact) mass is 408 g/mol. The standard InChI is InChI=1S/C23H24N2O3S/c1-17-7-11-19(12-8-17)16-25(3)23(26)20-5-4-6-22(15-20)29(27,28)24-21-13-9-18(2)10-14-21/h4-15,24H,16H2,1-3H3. The van der Waals surface area contributed by atoms with Crippen molar-refractivity contribution >= 4 is 21.6 Å². The van der Waals surface area contributed by atoms with Crippen LogP contribution < -0.4 is 4.72 Å². The predicted octanol–water partition coefficient (Wildman–Crippen LogP) is 4.38. The van der Waals surface area contributed by atoms with Crippen molar-refractivity contribution in [1.29, 1.82) is 0 Å². The molecule has 0 aliphatic rings. The van der Waals surface area contributed by atoms with Gasteiger partial charge in [-0.05, 0) is 49.7 Å². The molecule has 3 aromatic rings. The molecule has 0 atom stereocenters. The Bertz CT molecular complexity index is 1110. The summed E-state index contributed by atoms with van der Waals surface area (Å²) in [5.41, 5.74) is 4.00. The summed E-state index contributed by atoms with van der Waals surface area (Å²) in [5, 5.41) is 0. The predicted molar refractivity (Wildman–Crippen MR) is 115 cm³/mol. The lowest BCUT2D eigenvalue weighted by molar-refractivity contribution is 0.0785. The van der Waals surface area contributed by atoms with Gasteiger partial charge in [-0.3, -0.25) is 9.52 Å². The van der Waals surface area contributed by atoms with E-state index in [0.29, 0.717) is 17.8 Å². The minimum Gasteiger partial charge on any atom is -0.337 e. The van der Waals surface area contributed by atoms with Crippen LogP contribution in [-0.2, 0) is 16.6 Å². The number of carbonyl (C=O) groups excluding carboxylic acids is 1. The molecule has 3 rings (SSSR count). The van der Waals surface area contributed by atoms with Gasteiger partial charge in [0.15, 0.2) is 0 Å². The summed E-state index contributed by atoms with van der Waals surface area (Å²) >= 11 is 0. The summed E-state index contributed by atoms with van der Waals surface area (Å²) in [6, 6.07) is 21.1. The molecule has 0 spiro atoms. The molecule has 0 bridgehead atoms. The lowest BCUT2D eigenvalue weighted by Gasteiger charge is -2.18. The van der Waals surface area contributed by atoms with Crippen molar-refractivity contribution in [1.82, 2.24) is 4.90 Å². The first kappa shape index (κ1) is 20.6. The van der Waals surface area contributed by atoms with E-state index in [1.165, 1.54) is 12.1 Å². The molecule has 6 heteroatoms. The molecular formula is C23H24N2O3S. The van der Waals surface area contributed by atoms with Gasteiger partial charge < -0.3 is 4.90 Å². The first-order valence-corrected chi connectivity index (χ1v) is 10.7. The minimum atomic E-state index is -3.79. The van der Waals surface area contributed by atoms with Crippen molar-refractivity contribution in [2.45, 2.75) is 25.3 Å². The van der Waals surface area contributed by atoms with Crippen molar-refractivity contribution in [3.8, 4) is 0 Å². The third kappa shape index (κ3) is 5.23. The number of aryl methyl sites for hydroxylation is 2. The molecule has 0 aliphatic heterocycles. The lowest BCUT2D eigenvalue weighted by atomic mass is 10.1. The third-order valence-corrected chi connectivity index (χ3v) is 5.96. The molecule has 0 radical (unpaired) electrons. The summed E-state index contributed by atoms with van der Waals surface area (Å²) in [4.78, 5) is 14.4. The van der Waals surface area contributed by atoms with E-state index in [9.17, 15) is 13.2 Å². The van der Waals surface area contributed by atoms with Gasteiger partial charge in [-0.2, -0.15) is 0 Å². The maximum Gasteiger partial charge on any atom is 0.261 e. The Morgan fingerprint density at radius 2 is 1.48 bits per heavy atom. The van der Waals surface area contributed by atoms with Crippen LogP contribution in [0.5, 0.6) is 0 Å². The molecule has 1 N–H and O–H groups in total. The minimum absolute atomic E-state index is 0.0488. The second kappa shape index (κ2) is 8.49. The highest BCUT2D eigenvalue weighted by Crippen LogP contribution is 2.19. The van der Waals surface area contributed by atoms with Crippen molar-refractivity contribution < 1.29 is 13.2 Å². The molecule has 0 unspecified atom stereocenters. The number of benzene rings is 3. The van der Waals surface area contributed by atoms with E-state index in [4.69, 9.17) is 0 Å². The van der Waals surface area contributed by atoms with Crippen molar-refractivity contribution in [3.05, 3.63) is 95.1 Å². The number of sulfonamides is 1. The van der Waals surface area contributed by atoms with E-state index in [-0.39, 0.29) is 10.8 Å². The number of amides is 1. The summed E-state index contributed by atoms with van der Waals surface area (Å²) in [6.07, 6.45) is 0. The summed E-state index contributed by atoms with van der Waals surface area (Å²) in [6.45, 7) is 4.38. The van der Waals surface area contributed by atoms with Gasteiger partial charge in [0.2, 0.25) is 0 Å². The maximum absolute atomic E-state index is 12.8. The van der Waals surface area contributed by atoms with Crippen LogP contribution in [0.2, 0.25) is 0 Å². The Balaban J connectivity index is 1.77. The zero-order valence-electron chi connectivity index (χ0n) is 16.7. The largest absolute Gasteiger partial charge is 0.337 e. The van der Waals surface area contributed by atoms with Crippen LogP contribution in [0.25, 0.3) is 0 Å². The quantitative estimate of drug-likeness (QED) is 0.658. The van der Waals surface area contributed by atoms with Gasteiger partial charge in [0, 0.05) is 24.8 Å². The Labute approximate surface area is 172 Å². The van der Waals surface area contributed by atoms with Gasteiger partial charge in [-0.15, -0.1) is 0 Å². The highest BCUT2D eigenvalue weighted by molar-refractivity contribution is 7.92. The number of carbonyl (C=O) groups is 1. The molecule has 0 heterocycles. The van der Waals surface area contributed by atoms with E-state index in [1.807, 2.05) is 50.2 Å². The van der Waals surface area contributed by atoms with E-state index >= 15 is 0 Å². The van der Waals surface area contributed by atoms with Crippen LogP contribution in [-0.4, -0.2) is 26.3 Å². The summed E-state index contributed by atoms with van der Waals surface area (Å²) in [7, 11) is -2.09. The second-order valence-electron chi connectivity index (χ2n) is 7.15. The zero-order chi connectivity index (χ0) is 21.0. The van der Waals surface area contributed by atoms with Gasteiger partial charge in [0.25, 0.3) is 15.9 Å². The summed E-state index contributed by atoms with van der Waals surface area (Å²) < 4.78 is 28.0. The average Bonchev–Trinajstić information content (AvgIpc) is 2.71. The Hall–Kier alpha value is -3.12. The molecular weight excluding hydrogens is 384 g/mol. The fourth-order valence-corrected chi connectivity index (χ4v) is 4.00. The number of hydrogen-bond donors (Lipinski definition) is 1. The SMILES string of the molecule is Cc1ccc(CN(C)C(=O)c2cccc(S(=O)(=O)Nc3ccc(C)cc3)c2)cc1. The van der Waals surface area contributed by atoms with Crippen LogP contribution in [0.3, 0.4) is 0 Å². The number of nitrogens with one attached hydrogen (secondary N) is 1. The van der Waals surface area contributed by atoms with Crippen LogP contribution in [0.1, 0.15) is 27.0 Å². The van der Waals surface area contributed by atoms with Gasteiger partial charge in [-0.1, -0.05) is 53.6 Å². The van der Waals surface area contributed by atoms with E-state index < -0.39 is 10.0 Å². The number of rotatable bonds is 6. The van der Waals surface area contributed by atoms with Gasteiger partial charge in [-0.25, -0.2) is 8.42 Å². The van der Waals surface area contributed by atoms with Crippen LogP contribution in [0, 0.1) is 13.8 Å². The van der Waals surface area contributed by atoms with Gasteiger partial charge in [0.1, 0.15) is 0 Å². The van der Waals surface area contributed by atoms with E-state index in [0.717, 1.165) is 16.7 Å². The smallest absolute Gasteiger partial charge is 0.261 e. The normalized spacial score (nSPS) is 11.1. The summed E-state index contributed by atoms with van der Waals surface area (Å²) in [5.74, 6) is -0.238. The van der Waals surface area contributed by atoms with Crippen molar-refractivity contribution in [3.63, 3.8) is 0 Å². The van der Waals surface area contributed by atoms with E-state index in [2.05, 4.69) is 4.72 Å². The number of hydrogen-bond acceptors (Lipinski definition) is 3. The zero-order valence-corrected chi connectivity index (χ0v) is 17.5. The van der Waals surface area contributed by atoms with Crippen molar-refractivity contribution in [2.24, 2.45) is 0 Å². The molecule has 0 aliphatic carbocycles. The molecule has 0 saturated heterocycles. The Morgan fingerprint density at radius 3 is 2.10 bits per heavy atom. The first-order valence-electron chi connectivity index (χ1n) is 9.25. The maximum atomic E-state index is 12.8. The molecule has 29 heavy (non-hydrogen) atoms. The van der Waals surface area contributed by atoms with Gasteiger partial charge >= 0.3 is 0 Å². The van der Waals surface area contributed by atoms with Gasteiger partial charge in [0.05, 0.1) is 4.90 Å². The number of nitrogens with zero attached hydrogens (tertiary/aromatic N) is 1. The molecule has 0 fully saturated rings. The lowest BCUT2D eigenvalue weighted by Crippen LogP contribution is -2.26. The van der Waals surface area contributed by atoms with E-state index in [1.54, 1.807) is 36.2 Å². The van der Waals surface area contributed by atoms with Crippen molar-refractivity contribution in [2.75, 3.05) is 11.8 Å². The first-order chi connectivity index (χ1) is 13.7. The topological polar surface area (TPSA) is 66.5 Å². The average molecular weight is 409 g/mol. The molecule has 1 amide bonds. The fraction of sp³-hybridized carbons (Fsp3) is 0.174. The van der Waals surface area contributed by atoms with Crippen LogP contribution in [0.15, 0.2) is 77.7 Å². The molecule has 3 aromatic carbocycles. The molecule has 5 nitrogen and oxygen atoms in total. The fourth-order valence-electron chi connectivity index (χ4n) is 2.89. The van der Waals surface area contributed by atoms with Crippen LogP contribution in [0.4, 0.5) is 5.69 Å². The third-order valence-electron chi connectivity index (χ3n) is 4.58. The Morgan fingerprint density at radius 1 is 0.897 bits per heavy atom. The highest BCUT2D eigenvalue weighted by Gasteiger charge is 2.18. The Kier molecular flexibility index (Phi) is 6.03. The molecule has 0 aromatic heterocycles. The second-order valence-corrected chi connectivity index (χ2v) is 8.83.